The zero-order valence-electron chi connectivity index (χ0n) is 17.4. The van der Waals surface area contributed by atoms with E-state index in [0.717, 1.165) is 12.8 Å². The number of hydrogen-bond acceptors (Lipinski definition) is 0. The minimum Gasteiger partial charge on any atom is -0.0840 e. The van der Waals surface area contributed by atoms with Crippen LogP contribution < -0.4 is 0 Å². The van der Waals surface area contributed by atoms with Crippen molar-refractivity contribution in [3.8, 4) is 0 Å². The maximum absolute atomic E-state index is 2.60. The summed E-state index contributed by atoms with van der Waals surface area (Å²) in [5.41, 5.74) is 12.7. The van der Waals surface area contributed by atoms with Crippen LogP contribution in [0.5, 0.6) is 0 Å². The van der Waals surface area contributed by atoms with E-state index in [4.69, 9.17) is 0 Å². The average molecular weight is 378 g/mol. The first-order chi connectivity index (χ1) is 14.3. The number of fused-ring (bicyclic) bond motifs is 2. The quantitative estimate of drug-likeness (QED) is 0.510. The predicted octanol–water partition coefficient (Wildman–Crippen LogP) is 7.48. The Balaban J connectivity index is 1.53. The van der Waals surface area contributed by atoms with Gasteiger partial charge in [-0.25, -0.2) is 0 Å². The lowest BCUT2D eigenvalue weighted by Crippen LogP contribution is -2.31. The van der Waals surface area contributed by atoms with E-state index in [1.807, 2.05) is 0 Å². The molecule has 1 fully saturated rings. The summed E-state index contributed by atoms with van der Waals surface area (Å²) in [4.78, 5) is 0. The smallest absolute Gasteiger partial charge is 0.0276 e. The fraction of sp³-hybridized carbons (Fsp3) is 0.345. The van der Waals surface area contributed by atoms with Crippen LogP contribution in [0.1, 0.15) is 56.6 Å². The summed E-state index contributed by atoms with van der Waals surface area (Å²) in [7, 11) is 0. The van der Waals surface area contributed by atoms with Crippen molar-refractivity contribution in [2.75, 3.05) is 0 Å². The van der Waals surface area contributed by atoms with Crippen LogP contribution in [-0.4, -0.2) is 0 Å². The van der Waals surface area contributed by atoms with Crippen LogP contribution in [-0.2, 0) is 6.42 Å². The third-order valence-corrected chi connectivity index (χ3v) is 7.76. The second-order valence-corrected chi connectivity index (χ2v) is 9.42. The number of allylic oxidation sites excluding steroid dienone is 11. The highest BCUT2D eigenvalue weighted by Crippen LogP contribution is 2.65. The second-order valence-electron chi connectivity index (χ2n) is 9.42. The van der Waals surface area contributed by atoms with Crippen molar-refractivity contribution in [3.63, 3.8) is 0 Å². The van der Waals surface area contributed by atoms with Gasteiger partial charge < -0.3 is 0 Å². The highest BCUT2D eigenvalue weighted by atomic mass is 14.6. The Morgan fingerprint density at radius 3 is 2.62 bits per heavy atom. The molecule has 0 N–H and O–H groups in total. The van der Waals surface area contributed by atoms with Crippen molar-refractivity contribution in [2.45, 2.75) is 51.9 Å². The summed E-state index contributed by atoms with van der Waals surface area (Å²) in [5, 5.41) is 0. The van der Waals surface area contributed by atoms with E-state index in [1.54, 1.807) is 27.9 Å². The van der Waals surface area contributed by atoms with E-state index >= 15 is 0 Å². The fourth-order valence-electron chi connectivity index (χ4n) is 6.33. The molecule has 2 atom stereocenters. The fourth-order valence-corrected chi connectivity index (χ4v) is 6.33. The molecule has 5 aliphatic rings. The molecule has 0 heterocycles. The van der Waals surface area contributed by atoms with E-state index in [-0.39, 0.29) is 5.41 Å². The Hall–Kier alpha value is -2.34. The summed E-state index contributed by atoms with van der Waals surface area (Å²) >= 11 is 0. The second kappa shape index (κ2) is 6.59. The van der Waals surface area contributed by atoms with Crippen molar-refractivity contribution in [3.05, 3.63) is 106 Å². The Morgan fingerprint density at radius 1 is 1.00 bits per heavy atom. The normalized spacial score (nSPS) is 29.8. The van der Waals surface area contributed by atoms with E-state index in [2.05, 4.69) is 74.1 Å². The molecule has 145 valence electrons. The highest BCUT2D eigenvalue weighted by Gasteiger charge is 2.55. The van der Waals surface area contributed by atoms with Gasteiger partial charge in [0.05, 0.1) is 0 Å². The van der Waals surface area contributed by atoms with Crippen LogP contribution in [0, 0.1) is 17.8 Å². The Bertz CT molecular complexity index is 1070. The maximum Gasteiger partial charge on any atom is 0.0276 e. The molecule has 0 saturated heterocycles. The summed E-state index contributed by atoms with van der Waals surface area (Å²) in [5.74, 6) is 0.606. The molecule has 0 aliphatic heterocycles. The molecule has 1 aromatic carbocycles. The van der Waals surface area contributed by atoms with Crippen LogP contribution in [0.4, 0.5) is 0 Å². The molecule has 1 aromatic rings. The van der Waals surface area contributed by atoms with Gasteiger partial charge in [0.1, 0.15) is 0 Å². The Kier molecular flexibility index (Phi) is 3.98. The molecule has 0 nitrogen and oxygen atoms in total. The van der Waals surface area contributed by atoms with Crippen LogP contribution in [0.2, 0.25) is 0 Å². The summed E-state index contributed by atoms with van der Waals surface area (Å²) in [6.07, 6.45) is 25.7. The number of hydrogen-bond donors (Lipinski definition) is 0. The first-order valence-corrected chi connectivity index (χ1v) is 11.4. The van der Waals surface area contributed by atoms with E-state index in [0.29, 0.717) is 5.92 Å². The van der Waals surface area contributed by atoms with Gasteiger partial charge in [0, 0.05) is 11.8 Å². The summed E-state index contributed by atoms with van der Waals surface area (Å²) in [6, 6.07) is 9.03. The number of benzene rings is 1. The molecule has 0 amide bonds. The van der Waals surface area contributed by atoms with Gasteiger partial charge in [0.2, 0.25) is 0 Å². The standard InChI is InChI=1S/C29H29/c1-20-15-26(20)28-18-24-13-7-8-14-27(24)29(28,19-21-9-3-2-4-10-21)25-16-22-11-5-6-12-23(22)17-25/h3,5-6,9-16,28H,2,4,7-8,17-19H2,1H3. The minimum absolute atomic E-state index is 0.127. The largest absolute Gasteiger partial charge is 0.0840 e. The first kappa shape index (κ1) is 17.5. The van der Waals surface area contributed by atoms with Gasteiger partial charge >= 0.3 is 0 Å². The van der Waals surface area contributed by atoms with Crippen LogP contribution >= 0.6 is 0 Å². The van der Waals surface area contributed by atoms with Crippen molar-refractivity contribution >= 4 is 6.08 Å². The lowest BCUT2D eigenvalue weighted by atomic mass is 9.63. The van der Waals surface area contributed by atoms with Gasteiger partial charge in [-0.05, 0) is 80.1 Å². The minimum atomic E-state index is 0.127. The van der Waals surface area contributed by atoms with Crippen LogP contribution in [0.25, 0.3) is 6.08 Å². The zero-order valence-corrected chi connectivity index (χ0v) is 17.4. The molecular weight excluding hydrogens is 348 g/mol. The zero-order chi connectivity index (χ0) is 19.4. The van der Waals surface area contributed by atoms with Crippen molar-refractivity contribution < 1.29 is 0 Å². The summed E-state index contributed by atoms with van der Waals surface area (Å²) < 4.78 is 0. The molecule has 0 bridgehead atoms. The first-order valence-electron chi connectivity index (χ1n) is 11.4. The van der Waals surface area contributed by atoms with Gasteiger partial charge in [0.15, 0.2) is 0 Å². The molecule has 1 saturated carbocycles. The predicted molar refractivity (Wildman–Crippen MR) is 122 cm³/mol. The molecule has 2 unspecified atom stereocenters. The lowest BCUT2D eigenvalue weighted by molar-refractivity contribution is 0.344. The number of rotatable bonds is 4. The van der Waals surface area contributed by atoms with Crippen molar-refractivity contribution in [1.82, 2.24) is 0 Å². The Morgan fingerprint density at radius 2 is 1.83 bits per heavy atom. The molecule has 0 spiro atoms. The monoisotopic (exact) mass is 377 g/mol. The van der Waals surface area contributed by atoms with Crippen molar-refractivity contribution in [1.29, 1.82) is 0 Å². The molecule has 5 aliphatic carbocycles. The van der Waals surface area contributed by atoms with Crippen LogP contribution in [0.3, 0.4) is 0 Å². The van der Waals surface area contributed by atoms with Gasteiger partial charge in [-0.1, -0.05) is 83.0 Å². The van der Waals surface area contributed by atoms with Gasteiger partial charge in [-0.3, -0.25) is 0 Å². The third kappa shape index (κ3) is 2.72. The topological polar surface area (TPSA) is 0 Å². The SMILES string of the molecule is CC1=C(C2CC3=CCCC=C3C2(CC2=CCCC=C2)C2=Cc3ccccc3C2)[CH]1. The maximum atomic E-state index is 2.60. The lowest BCUT2D eigenvalue weighted by Gasteiger charge is -2.39. The third-order valence-electron chi connectivity index (χ3n) is 7.76. The van der Waals surface area contributed by atoms with Gasteiger partial charge in [0.25, 0.3) is 0 Å². The molecular formula is C29H29. The van der Waals surface area contributed by atoms with Crippen molar-refractivity contribution in [2.24, 2.45) is 11.3 Å². The average Bonchev–Trinajstić information content (AvgIpc) is 3.19. The molecule has 1 radical (unpaired) electrons. The Labute approximate surface area is 175 Å². The van der Waals surface area contributed by atoms with Gasteiger partial charge in [-0.2, -0.15) is 0 Å². The van der Waals surface area contributed by atoms with E-state index in [1.165, 1.54) is 48.8 Å². The highest BCUT2D eigenvalue weighted by molar-refractivity contribution is 5.71. The molecule has 0 heteroatoms. The summed E-state index contributed by atoms with van der Waals surface area (Å²) in [6.45, 7) is 2.31. The van der Waals surface area contributed by atoms with E-state index in [9.17, 15) is 0 Å². The molecule has 0 aromatic heterocycles. The van der Waals surface area contributed by atoms with Crippen LogP contribution in [0.15, 0.2) is 88.1 Å². The van der Waals surface area contributed by atoms with Gasteiger partial charge in [-0.15, -0.1) is 0 Å². The molecule has 29 heavy (non-hydrogen) atoms. The van der Waals surface area contributed by atoms with E-state index < -0.39 is 0 Å². The molecule has 6 rings (SSSR count).